The van der Waals surface area contributed by atoms with Crippen molar-refractivity contribution in [2.24, 2.45) is 7.05 Å². The predicted octanol–water partition coefficient (Wildman–Crippen LogP) is 2.30. The van der Waals surface area contributed by atoms with Crippen molar-refractivity contribution >= 4 is 15.9 Å². The second-order valence-corrected chi connectivity index (χ2v) is 4.11. The molecule has 1 heterocycles. The number of hydrogen-bond donors (Lipinski definition) is 0. The van der Waals surface area contributed by atoms with Gasteiger partial charge in [-0.3, -0.25) is 4.68 Å². The van der Waals surface area contributed by atoms with Crippen LogP contribution in [0.5, 0.6) is 5.75 Å². The molecule has 0 fully saturated rings. The van der Waals surface area contributed by atoms with Crippen molar-refractivity contribution in [2.75, 3.05) is 0 Å². The number of rotatable bonds is 3. The molecular formula is C10H9BrFN3O. The Labute approximate surface area is 100 Å². The maximum Gasteiger partial charge on any atom is 0.164 e. The molecule has 0 N–H and O–H groups in total. The molecule has 0 aliphatic rings. The van der Waals surface area contributed by atoms with Gasteiger partial charge in [0.25, 0.3) is 0 Å². The van der Waals surface area contributed by atoms with E-state index in [1.54, 1.807) is 17.8 Å². The maximum atomic E-state index is 13.0. The second-order valence-electron chi connectivity index (χ2n) is 3.19. The number of hydrogen-bond acceptors (Lipinski definition) is 3. The summed E-state index contributed by atoms with van der Waals surface area (Å²) in [6.45, 7) is 0.256. The molecule has 2 rings (SSSR count). The Balaban J connectivity index is 2.07. The Morgan fingerprint density at radius 2 is 2.25 bits per heavy atom. The van der Waals surface area contributed by atoms with Gasteiger partial charge >= 0.3 is 0 Å². The first-order valence-corrected chi connectivity index (χ1v) is 5.36. The lowest BCUT2D eigenvalue weighted by Crippen LogP contribution is -2.04. The lowest BCUT2D eigenvalue weighted by Gasteiger charge is -2.06. The Morgan fingerprint density at radius 1 is 1.44 bits per heavy atom. The molecule has 0 saturated heterocycles. The molecule has 1 aromatic carbocycles. The highest BCUT2D eigenvalue weighted by Gasteiger charge is 2.03. The van der Waals surface area contributed by atoms with E-state index < -0.39 is 0 Å². The average Bonchev–Trinajstić information content (AvgIpc) is 2.59. The third-order valence-electron chi connectivity index (χ3n) is 2.01. The Morgan fingerprint density at radius 3 is 2.88 bits per heavy atom. The predicted molar refractivity (Wildman–Crippen MR) is 59.4 cm³/mol. The smallest absolute Gasteiger partial charge is 0.164 e. The number of benzene rings is 1. The van der Waals surface area contributed by atoms with Gasteiger partial charge in [0.15, 0.2) is 5.82 Å². The quantitative estimate of drug-likeness (QED) is 0.869. The van der Waals surface area contributed by atoms with Crippen LogP contribution >= 0.6 is 15.9 Å². The summed E-state index contributed by atoms with van der Waals surface area (Å²) in [5.41, 5.74) is 0. The minimum Gasteiger partial charge on any atom is -0.485 e. The van der Waals surface area contributed by atoms with Gasteiger partial charge in [-0.25, -0.2) is 9.37 Å². The molecule has 0 unspecified atom stereocenters. The number of aromatic nitrogens is 3. The summed E-state index contributed by atoms with van der Waals surface area (Å²) >= 11 is 3.19. The standard InChI is InChI=1S/C10H9BrFN3O/c1-15-10(13-6-14-15)5-16-9-3-7(11)2-8(12)4-9/h2-4,6H,5H2,1H3. The first-order valence-electron chi connectivity index (χ1n) is 4.57. The fourth-order valence-electron chi connectivity index (χ4n) is 1.21. The summed E-state index contributed by atoms with van der Waals surface area (Å²) < 4.78 is 20.7. The highest BCUT2D eigenvalue weighted by molar-refractivity contribution is 9.10. The fraction of sp³-hybridized carbons (Fsp3) is 0.200. The monoisotopic (exact) mass is 285 g/mol. The van der Waals surface area contributed by atoms with Crippen LogP contribution in [-0.4, -0.2) is 14.8 Å². The van der Waals surface area contributed by atoms with E-state index in [9.17, 15) is 4.39 Å². The van der Waals surface area contributed by atoms with Gasteiger partial charge in [0.1, 0.15) is 24.5 Å². The summed E-state index contributed by atoms with van der Waals surface area (Å²) in [7, 11) is 1.77. The van der Waals surface area contributed by atoms with Crippen molar-refractivity contribution in [2.45, 2.75) is 6.61 Å². The summed E-state index contributed by atoms with van der Waals surface area (Å²) in [5, 5.41) is 3.91. The number of halogens is 2. The van der Waals surface area contributed by atoms with Crippen LogP contribution in [0.4, 0.5) is 4.39 Å². The van der Waals surface area contributed by atoms with Gasteiger partial charge in [0.05, 0.1) is 0 Å². The Hall–Kier alpha value is -1.43. The lowest BCUT2D eigenvalue weighted by molar-refractivity contribution is 0.288. The Bertz CT molecular complexity index is 480. The van der Waals surface area contributed by atoms with Crippen LogP contribution < -0.4 is 4.74 Å². The molecule has 4 nitrogen and oxygen atoms in total. The maximum absolute atomic E-state index is 13.0. The molecular weight excluding hydrogens is 277 g/mol. The highest BCUT2D eigenvalue weighted by atomic mass is 79.9. The van der Waals surface area contributed by atoms with Crippen LogP contribution in [0.25, 0.3) is 0 Å². The SMILES string of the molecule is Cn1ncnc1COc1cc(F)cc(Br)c1. The van der Waals surface area contributed by atoms with Crippen molar-refractivity contribution in [3.8, 4) is 5.75 Å². The zero-order chi connectivity index (χ0) is 11.5. The second kappa shape index (κ2) is 4.61. The van der Waals surface area contributed by atoms with Crippen LogP contribution in [0.1, 0.15) is 5.82 Å². The van der Waals surface area contributed by atoms with Crippen LogP contribution in [-0.2, 0) is 13.7 Å². The average molecular weight is 286 g/mol. The topological polar surface area (TPSA) is 39.9 Å². The molecule has 6 heteroatoms. The van der Waals surface area contributed by atoms with Gasteiger partial charge < -0.3 is 4.74 Å². The molecule has 2 aromatic rings. The van der Waals surface area contributed by atoms with Gasteiger partial charge in [0.2, 0.25) is 0 Å². The summed E-state index contributed by atoms with van der Waals surface area (Å²) in [4.78, 5) is 4.00. The van der Waals surface area contributed by atoms with Gasteiger partial charge in [-0.05, 0) is 12.1 Å². The summed E-state index contributed by atoms with van der Waals surface area (Å²) in [6, 6.07) is 4.38. The van der Waals surface area contributed by atoms with Gasteiger partial charge in [-0.1, -0.05) is 15.9 Å². The minimum absolute atomic E-state index is 0.256. The molecule has 0 aliphatic heterocycles. The first kappa shape index (κ1) is 11.1. The van der Waals surface area contributed by atoms with E-state index in [-0.39, 0.29) is 12.4 Å². The number of aryl methyl sites for hydroxylation is 1. The normalized spacial score (nSPS) is 10.4. The minimum atomic E-state index is -0.345. The number of ether oxygens (including phenoxy) is 1. The van der Waals surface area contributed by atoms with E-state index in [1.807, 2.05) is 0 Å². The van der Waals surface area contributed by atoms with E-state index in [0.717, 1.165) is 0 Å². The van der Waals surface area contributed by atoms with E-state index in [2.05, 4.69) is 26.0 Å². The Kier molecular flexibility index (Phi) is 3.19. The van der Waals surface area contributed by atoms with Crippen molar-refractivity contribution in [1.29, 1.82) is 0 Å². The van der Waals surface area contributed by atoms with E-state index >= 15 is 0 Å². The van der Waals surface area contributed by atoms with E-state index in [1.165, 1.54) is 18.5 Å². The zero-order valence-corrected chi connectivity index (χ0v) is 10.1. The van der Waals surface area contributed by atoms with Crippen LogP contribution in [0.15, 0.2) is 29.0 Å². The van der Waals surface area contributed by atoms with Crippen LogP contribution in [0.2, 0.25) is 0 Å². The van der Waals surface area contributed by atoms with E-state index in [0.29, 0.717) is 16.0 Å². The number of nitrogens with zero attached hydrogens (tertiary/aromatic N) is 3. The molecule has 84 valence electrons. The van der Waals surface area contributed by atoms with Gasteiger partial charge in [-0.15, -0.1) is 0 Å². The molecule has 0 amide bonds. The van der Waals surface area contributed by atoms with E-state index in [4.69, 9.17) is 4.74 Å². The zero-order valence-electron chi connectivity index (χ0n) is 8.52. The van der Waals surface area contributed by atoms with Gasteiger partial charge in [-0.2, -0.15) is 5.10 Å². The molecule has 0 spiro atoms. The highest BCUT2D eigenvalue weighted by Crippen LogP contribution is 2.21. The van der Waals surface area contributed by atoms with Crippen molar-refractivity contribution in [3.05, 3.63) is 40.6 Å². The molecule has 16 heavy (non-hydrogen) atoms. The molecule has 0 atom stereocenters. The summed E-state index contributed by atoms with van der Waals surface area (Å²) in [6.07, 6.45) is 1.44. The molecule has 0 aliphatic carbocycles. The van der Waals surface area contributed by atoms with Crippen molar-refractivity contribution in [3.63, 3.8) is 0 Å². The van der Waals surface area contributed by atoms with Crippen molar-refractivity contribution in [1.82, 2.24) is 14.8 Å². The molecule has 0 bridgehead atoms. The van der Waals surface area contributed by atoms with Crippen LogP contribution in [0.3, 0.4) is 0 Å². The molecule has 0 saturated carbocycles. The molecule has 1 aromatic heterocycles. The first-order chi connectivity index (χ1) is 7.65. The largest absolute Gasteiger partial charge is 0.485 e. The lowest BCUT2D eigenvalue weighted by atomic mass is 10.3. The van der Waals surface area contributed by atoms with Crippen molar-refractivity contribution < 1.29 is 9.13 Å². The van der Waals surface area contributed by atoms with Crippen LogP contribution in [0, 0.1) is 5.82 Å². The third-order valence-corrected chi connectivity index (χ3v) is 2.47. The summed E-state index contributed by atoms with van der Waals surface area (Å²) in [5.74, 6) is 0.789. The third kappa shape index (κ3) is 2.57. The fourth-order valence-corrected chi connectivity index (χ4v) is 1.65. The molecule has 0 radical (unpaired) electrons. The van der Waals surface area contributed by atoms with Gasteiger partial charge in [0, 0.05) is 17.6 Å².